The molecule has 0 N–H and O–H groups in total. The molecule has 1 atom stereocenters. The lowest BCUT2D eigenvalue weighted by Gasteiger charge is -2.22. The summed E-state index contributed by atoms with van der Waals surface area (Å²) in [5.41, 5.74) is 4.43. The zero-order chi connectivity index (χ0) is 15.7. The van der Waals surface area contributed by atoms with Gasteiger partial charge in [-0.25, -0.2) is 0 Å². The zero-order valence-electron chi connectivity index (χ0n) is 14.5. The van der Waals surface area contributed by atoms with Crippen LogP contribution < -0.4 is 0 Å². The van der Waals surface area contributed by atoms with Gasteiger partial charge in [0.1, 0.15) is 0 Å². The van der Waals surface area contributed by atoms with Crippen molar-refractivity contribution < 1.29 is 0 Å². The molecule has 0 radical (unpaired) electrons. The number of hydrogen-bond donors (Lipinski definition) is 0. The molecule has 0 aliphatic rings. The maximum atomic E-state index is 6.39. The summed E-state index contributed by atoms with van der Waals surface area (Å²) in [5.74, 6) is 0.680. The molecule has 120 valence electrons. The Balaban J connectivity index is 2.84. The van der Waals surface area contributed by atoms with Crippen LogP contribution in [-0.2, 0) is 6.42 Å². The van der Waals surface area contributed by atoms with Gasteiger partial charge in [-0.15, -0.1) is 0 Å². The largest absolute Gasteiger partial charge is 0.0840 e. The molecule has 0 heterocycles. The van der Waals surface area contributed by atoms with Crippen LogP contribution in [0.1, 0.15) is 94.7 Å². The fourth-order valence-electron chi connectivity index (χ4n) is 3.36. The van der Waals surface area contributed by atoms with Crippen molar-refractivity contribution in [2.24, 2.45) is 0 Å². The van der Waals surface area contributed by atoms with Gasteiger partial charge < -0.3 is 0 Å². The molecule has 0 spiro atoms. The van der Waals surface area contributed by atoms with Gasteiger partial charge in [-0.05, 0) is 61.3 Å². The highest BCUT2D eigenvalue weighted by atomic mass is 35.5. The Morgan fingerprint density at radius 3 is 2.29 bits per heavy atom. The standard InChI is InChI=1S/C20H33Cl/c1-5-8-9-10-11-13-18-14-15-19(21)16(4)20(18)17(7-3)12-6-2/h14-15,17H,5-13H2,1-4H3. The molecule has 1 unspecified atom stereocenters. The third kappa shape index (κ3) is 5.66. The molecule has 1 aromatic rings. The highest BCUT2D eigenvalue weighted by Gasteiger charge is 2.17. The van der Waals surface area contributed by atoms with Gasteiger partial charge in [0.05, 0.1) is 0 Å². The zero-order valence-corrected chi connectivity index (χ0v) is 15.2. The van der Waals surface area contributed by atoms with Crippen molar-refractivity contribution >= 4 is 11.6 Å². The van der Waals surface area contributed by atoms with Crippen LogP contribution in [0.25, 0.3) is 0 Å². The molecule has 0 aromatic heterocycles. The SMILES string of the molecule is CCCCCCCc1ccc(Cl)c(C)c1C(CC)CCC. The summed E-state index contributed by atoms with van der Waals surface area (Å²) < 4.78 is 0. The molecule has 0 nitrogen and oxygen atoms in total. The van der Waals surface area contributed by atoms with Crippen LogP contribution in [0.4, 0.5) is 0 Å². The van der Waals surface area contributed by atoms with Crippen molar-refractivity contribution in [3.63, 3.8) is 0 Å². The van der Waals surface area contributed by atoms with Gasteiger partial charge in [0, 0.05) is 5.02 Å². The molecule has 0 saturated heterocycles. The predicted molar refractivity (Wildman–Crippen MR) is 96.6 cm³/mol. The van der Waals surface area contributed by atoms with Gasteiger partial charge in [0.25, 0.3) is 0 Å². The summed E-state index contributed by atoms with van der Waals surface area (Å²) in [6.45, 7) is 9.08. The lowest BCUT2D eigenvalue weighted by molar-refractivity contribution is 0.581. The Hall–Kier alpha value is -0.490. The number of unbranched alkanes of at least 4 members (excludes halogenated alkanes) is 4. The van der Waals surface area contributed by atoms with E-state index in [2.05, 4.69) is 39.8 Å². The molecule has 21 heavy (non-hydrogen) atoms. The molecule has 0 bridgehead atoms. The minimum Gasteiger partial charge on any atom is -0.0840 e. The maximum absolute atomic E-state index is 6.39. The van der Waals surface area contributed by atoms with Crippen molar-refractivity contribution in [1.29, 1.82) is 0 Å². The van der Waals surface area contributed by atoms with Crippen LogP contribution in [0.5, 0.6) is 0 Å². The third-order valence-electron chi connectivity index (χ3n) is 4.63. The maximum Gasteiger partial charge on any atom is 0.0438 e. The summed E-state index contributed by atoms with van der Waals surface area (Å²) in [6.07, 6.45) is 11.7. The predicted octanol–water partition coefficient (Wildman–Crippen LogP) is 7.46. The Kier molecular flexibility index (Phi) is 9.08. The summed E-state index contributed by atoms with van der Waals surface area (Å²) >= 11 is 6.39. The smallest absolute Gasteiger partial charge is 0.0438 e. The number of hydrogen-bond acceptors (Lipinski definition) is 0. The Bertz CT molecular complexity index is 409. The molecule has 0 aliphatic heterocycles. The average Bonchev–Trinajstić information content (AvgIpc) is 2.49. The van der Waals surface area contributed by atoms with Crippen LogP contribution in [-0.4, -0.2) is 0 Å². The molecular weight excluding hydrogens is 276 g/mol. The summed E-state index contributed by atoms with van der Waals surface area (Å²) in [6, 6.07) is 4.38. The van der Waals surface area contributed by atoms with E-state index in [1.165, 1.54) is 63.4 Å². The van der Waals surface area contributed by atoms with Crippen molar-refractivity contribution in [2.45, 2.75) is 91.4 Å². The molecule has 1 rings (SSSR count). The van der Waals surface area contributed by atoms with Crippen molar-refractivity contribution in [2.75, 3.05) is 0 Å². The van der Waals surface area contributed by atoms with Gasteiger partial charge >= 0.3 is 0 Å². The fraction of sp³-hybridized carbons (Fsp3) is 0.700. The average molecular weight is 309 g/mol. The highest BCUT2D eigenvalue weighted by Crippen LogP contribution is 2.34. The van der Waals surface area contributed by atoms with Crippen LogP contribution >= 0.6 is 11.6 Å². The minimum atomic E-state index is 0.680. The van der Waals surface area contributed by atoms with E-state index in [0.717, 1.165) is 5.02 Å². The van der Waals surface area contributed by atoms with Gasteiger partial charge in [-0.1, -0.05) is 70.5 Å². The lowest BCUT2D eigenvalue weighted by Crippen LogP contribution is -2.06. The number of benzene rings is 1. The van der Waals surface area contributed by atoms with Crippen molar-refractivity contribution in [1.82, 2.24) is 0 Å². The summed E-state index contributed by atoms with van der Waals surface area (Å²) in [4.78, 5) is 0. The first-order valence-corrected chi connectivity index (χ1v) is 9.31. The van der Waals surface area contributed by atoms with Crippen LogP contribution in [0.2, 0.25) is 5.02 Å². The number of aryl methyl sites for hydroxylation is 1. The quantitative estimate of drug-likeness (QED) is 0.393. The lowest BCUT2D eigenvalue weighted by atomic mass is 9.84. The molecule has 1 heteroatoms. The normalized spacial score (nSPS) is 12.6. The van der Waals surface area contributed by atoms with Crippen LogP contribution in [0.3, 0.4) is 0 Å². The molecule has 0 saturated carbocycles. The van der Waals surface area contributed by atoms with Crippen molar-refractivity contribution in [3.8, 4) is 0 Å². The first-order chi connectivity index (χ1) is 10.2. The van der Waals surface area contributed by atoms with E-state index in [1.54, 1.807) is 11.1 Å². The van der Waals surface area contributed by atoms with Gasteiger partial charge in [0.15, 0.2) is 0 Å². The number of rotatable bonds is 10. The van der Waals surface area contributed by atoms with E-state index in [4.69, 9.17) is 11.6 Å². The molecule has 0 fully saturated rings. The molecule has 0 aliphatic carbocycles. The van der Waals surface area contributed by atoms with Gasteiger partial charge in [-0.2, -0.15) is 0 Å². The Labute approximate surface area is 137 Å². The van der Waals surface area contributed by atoms with Gasteiger partial charge in [-0.3, -0.25) is 0 Å². The van der Waals surface area contributed by atoms with E-state index in [-0.39, 0.29) is 0 Å². The second kappa shape index (κ2) is 10.3. The minimum absolute atomic E-state index is 0.680. The first-order valence-electron chi connectivity index (χ1n) is 8.93. The highest BCUT2D eigenvalue weighted by molar-refractivity contribution is 6.31. The summed E-state index contributed by atoms with van der Waals surface area (Å²) in [5, 5.41) is 0.939. The van der Waals surface area contributed by atoms with E-state index in [1.807, 2.05) is 0 Å². The molecule has 0 amide bonds. The second-order valence-electron chi connectivity index (χ2n) is 6.30. The van der Waals surface area contributed by atoms with E-state index >= 15 is 0 Å². The first kappa shape index (κ1) is 18.6. The Morgan fingerprint density at radius 1 is 0.952 bits per heavy atom. The van der Waals surface area contributed by atoms with E-state index in [9.17, 15) is 0 Å². The Morgan fingerprint density at radius 2 is 1.67 bits per heavy atom. The van der Waals surface area contributed by atoms with E-state index in [0.29, 0.717) is 5.92 Å². The number of halogens is 1. The van der Waals surface area contributed by atoms with Gasteiger partial charge in [0.2, 0.25) is 0 Å². The molecule has 1 aromatic carbocycles. The third-order valence-corrected chi connectivity index (χ3v) is 5.04. The molecular formula is C20H33Cl. The van der Waals surface area contributed by atoms with E-state index < -0.39 is 0 Å². The van der Waals surface area contributed by atoms with Crippen molar-refractivity contribution in [3.05, 3.63) is 33.8 Å². The second-order valence-corrected chi connectivity index (χ2v) is 6.71. The topological polar surface area (TPSA) is 0 Å². The summed E-state index contributed by atoms with van der Waals surface area (Å²) in [7, 11) is 0. The van der Waals surface area contributed by atoms with Crippen LogP contribution in [0.15, 0.2) is 12.1 Å². The monoisotopic (exact) mass is 308 g/mol. The van der Waals surface area contributed by atoms with Crippen LogP contribution in [0, 0.1) is 6.92 Å². The fourth-order valence-corrected chi connectivity index (χ4v) is 3.53.